The second-order valence-corrected chi connectivity index (χ2v) is 10.7. The summed E-state index contributed by atoms with van der Waals surface area (Å²) < 4.78 is 56.3. The Morgan fingerprint density at radius 2 is 1.89 bits per heavy atom. The van der Waals surface area contributed by atoms with Crippen molar-refractivity contribution in [2.45, 2.75) is 51.0 Å². The Balaban J connectivity index is 1.24. The maximum absolute atomic E-state index is 13.6. The number of rotatable bonds is 3. The first-order valence-electron chi connectivity index (χ1n) is 11.9. The molecule has 2 aliphatic heterocycles. The SMILES string of the molecule is CC(N1Cc2cc(Cl)ccc2-n2c(nnc2C2CC3(C2)CN(c2ccc(F)c(C#N)n2)C3)C1)C(F)(F)F. The minimum Gasteiger partial charge on any atom is -0.355 e. The van der Waals surface area contributed by atoms with E-state index in [4.69, 9.17) is 16.9 Å². The highest BCUT2D eigenvalue weighted by molar-refractivity contribution is 6.30. The Kier molecular flexibility index (Phi) is 5.47. The molecule has 1 saturated carbocycles. The summed E-state index contributed by atoms with van der Waals surface area (Å²) >= 11 is 6.22. The lowest BCUT2D eigenvalue weighted by Crippen LogP contribution is -2.62. The molecule has 7 nitrogen and oxygen atoms in total. The molecule has 1 atom stereocenters. The first kappa shape index (κ1) is 24.1. The van der Waals surface area contributed by atoms with Gasteiger partial charge in [-0.3, -0.25) is 9.47 Å². The van der Waals surface area contributed by atoms with E-state index in [9.17, 15) is 17.6 Å². The average molecular weight is 532 g/mol. The molecular weight excluding hydrogens is 510 g/mol. The van der Waals surface area contributed by atoms with Crippen LogP contribution < -0.4 is 4.90 Å². The van der Waals surface area contributed by atoms with Gasteiger partial charge in [0.2, 0.25) is 0 Å². The van der Waals surface area contributed by atoms with Gasteiger partial charge in [0.25, 0.3) is 0 Å². The Hall–Kier alpha value is -3.23. The van der Waals surface area contributed by atoms with Gasteiger partial charge in [-0.2, -0.15) is 18.4 Å². The molecule has 0 radical (unpaired) electrons. The van der Waals surface area contributed by atoms with E-state index in [1.165, 1.54) is 11.0 Å². The number of aromatic nitrogens is 4. The minimum absolute atomic E-state index is 0.0169. The smallest absolute Gasteiger partial charge is 0.355 e. The van der Waals surface area contributed by atoms with Gasteiger partial charge in [-0.15, -0.1) is 10.2 Å². The first-order valence-corrected chi connectivity index (χ1v) is 12.3. The summed E-state index contributed by atoms with van der Waals surface area (Å²) in [6, 6.07) is 8.22. The van der Waals surface area contributed by atoms with Crippen LogP contribution in [0.2, 0.25) is 5.02 Å². The monoisotopic (exact) mass is 531 g/mol. The zero-order valence-corrected chi connectivity index (χ0v) is 20.6. The summed E-state index contributed by atoms with van der Waals surface area (Å²) in [6.07, 6.45) is -2.68. The quantitative estimate of drug-likeness (QED) is 0.444. The topological polar surface area (TPSA) is 73.9 Å². The third-order valence-electron chi connectivity index (χ3n) is 7.81. The zero-order valence-electron chi connectivity index (χ0n) is 19.8. The molecule has 12 heteroatoms. The lowest BCUT2D eigenvalue weighted by Gasteiger charge is -2.59. The minimum atomic E-state index is -4.37. The van der Waals surface area contributed by atoms with Gasteiger partial charge in [-0.05, 0) is 55.7 Å². The highest BCUT2D eigenvalue weighted by atomic mass is 35.5. The van der Waals surface area contributed by atoms with Gasteiger partial charge in [0.1, 0.15) is 23.8 Å². The fraction of sp³-hybridized carbons (Fsp3) is 0.440. The van der Waals surface area contributed by atoms with Crippen LogP contribution in [-0.4, -0.2) is 50.0 Å². The fourth-order valence-electron chi connectivity index (χ4n) is 5.83. The van der Waals surface area contributed by atoms with Crippen LogP contribution in [0.3, 0.4) is 0 Å². The van der Waals surface area contributed by atoms with Gasteiger partial charge in [-0.1, -0.05) is 11.6 Å². The highest BCUT2D eigenvalue weighted by Gasteiger charge is 2.54. The zero-order chi connectivity index (χ0) is 26.1. The lowest BCUT2D eigenvalue weighted by atomic mass is 9.57. The number of hydrogen-bond donors (Lipinski definition) is 0. The van der Waals surface area contributed by atoms with E-state index in [0.29, 0.717) is 22.2 Å². The first-order chi connectivity index (χ1) is 17.6. The molecule has 1 aliphatic carbocycles. The van der Waals surface area contributed by atoms with E-state index >= 15 is 0 Å². The van der Waals surface area contributed by atoms with Gasteiger partial charge in [-0.25, -0.2) is 9.37 Å². The second-order valence-electron chi connectivity index (χ2n) is 10.3. The van der Waals surface area contributed by atoms with Crippen molar-refractivity contribution in [1.82, 2.24) is 24.6 Å². The van der Waals surface area contributed by atoms with Crippen molar-refractivity contribution in [1.29, 1.82) is 5.26 Å². The van der Waals surface area contributed by atoms with Crippen LogP contribution >= 0.6 is 11.6 Å². The van der Waals surface area contributed by atoms with Crippen molar-refractivity contribution in [3.63, 3.8) is 0 Å². The van der Waals surface area contributed by atoms with Crippen LogP contribution in [0.1, 0.15) is 48.6 Å². The van der Waals surface area contributed by atoms with Gasteiger partial charge >= 0.3 is 6.18 Å². The van der Waals surface area contributed by atoms with Crippen molar-refractivity contribution in [3.05, 3.63) is 64.1 Å². The van der Waals surface area contributed by atoms with Crippen LogP contribution in [0.25, 0.3) is 5.69 Å². The molecule has 1 spiro atoms. The van der Waals surface area contributed by atoms with Crippen molar-refractivity contribution in [2.75, 3.05) is 18.0 Å². The molecule has 4 heterocycles. The lowest BCUT2D eigenvalue weighted by molar-refractivity contribution is -0.182. The Morgan fingerprint density at radius 1 is 1.14 bits per heavy atom. The molecule has 2 aromatic heterocycles. The highest BCUT2D eigenvalue weighted by Crippen LogP contribution is 2.56. The van der Waals surface area contributed by atoms with Gasteiger partial charge < -0.3 is 4.90 Å². The van der Waals surface area contributed by atoms with E-state index in [1.54, 1.807) is 24.3 Å². The van der Waals surface area contributed by atoms with E-state index in [-0.39, 0.29) is 30.1 Å². The number of nitriles is 1. The normalized spacial score (nSPS) is 19.9. The molecule has 3 aromatic rings. The van der Waals surface area contributed by atoms with Crippen molar-refractivity contribution < 1.29 is 17.6 Å². The third-order valence-corrected chi connectivity index (χ3v) is 8.05. The number of anilines is 1. The summed E-state index contributed by atoms with van der Waals surface area (Å²) in [6.45, 7) is 2.74. The summed E-state index contributed by atoms with van der Waals surface area (Å²) in [5.74, 6) is 1.27. The molecule has 3 aliphatic rings. The molecule has 0 bridgehead atoms. The number of pyridine rings is 1. The van der Waals surface area contributed by atoms with Crippen molar-refractivity contribution in [3.8, 4) is 11.8 Å². The number of hydrogen-bond acceptors (Lipinski definition) is 6. The molecule has 192 valence electrons. The number of benzene rings is 1. The standard InChI is InChI=1S/C25H22ClF4N7/c1-14(25(28,29)30)35-10-15-6-17(26)2-4-20(15)37-22(11-35)33-34-23(37)16-7-24(8-16)12-36(13-24)21-5-3-18(27)19(9-31)32-21/h2-6,14,16H,7-8,10-13H2,1H3. The van der Waals surface area contributed by atoms with Gasteiger partial charge in [0.05, 0.1) is 12.2 Å². The Morgan fingerprint density at radius 3 is 2.59 bits per heavy atom. The second kappa shape index (κ2) is 8.39. The average Bonchev–Trinajstić information content (AvgIpc) is 3.12. The third kappa shape index (κ3) is 4.03. The van der Waals surface area contributed by atoms with E-state index in [0.717, 1.165) is 44.4 Å². The molecule has 6 rings (SSSR count). The number of nitrogens with zero attached hydrogens (tertiary/aromatic N) is 7. The Bertz CT molecular complexity index is 1420. The van der Waals surface area contributed by atoms with Gasteiger partial charge in [0.15, 0.2) is 17.3 Å². The van der Waals surface area contributed by atoms with Crippen LogP contribution in [-0.2, 0) is 13.1 Å². The molecule has 1 aromatic carbocycles. The molecule has 37 heavy (non-hydrogen) atoms. The van der Waals surface area contributed by atoms with Crippen LogP contribution in [0, 0.1) is 22.6 Å². The summed E-state index contributed by atoms with van der Waals surface area (Å²) in [7, 11) is 0. The van der Waals surface area contributed by atoms with E-state index < -0.39 is 18.0 Å². The van der Waals surface area contributed by atoms with Crippen molar-refractivity contribution in [2.24, 2.45) is 5.41 Å². The number of halogens is 5. The maximum atomic E-state index is 13.6. The predicted octanol–water partition coefficient (Wildman–Crippen LogP) is 4.98. The van der Waals surface area contributed by atoms with Crippen LogP contribution in [0.4, 0.5) is 23.4 Å². The molecule has 1 saturated heterocycles. The molecule has 1 unspecified atom stereocenters. The molecular formula is C25H22ClF4N7. The predicted molar refractivity (Wildman–Crippen MR) is 127 cm³/mol. The fourth-order valence-corrected chi connectivity index (χ4v) is 6.03. The molecule has 0 amide bonds. The van der Waals surface area contributed by atoms with Crippen LogP contribution in [0.15, 0.2) is 30.3 Å². The molecule has 0 N–H and O–H groups in total. The molecule has 2 fully saturated rings. The number of fused-ring (bicyclic) bond motifs is 3. The number of alkyl halides is 3. The maximum Gasteiger partial charge on any atom is 0.403 e. The summed E-state index contributed by atoms with van der Waals surface area (Å²) in [5.41, 5.74) is 1.29. The van der Waals surface area contributed by atoms with E-state index in [1.807, 2.05) is 15.5 Å². The van der Waals surface area contributed by atoms with Crippen molar-refractivity contribution >= 4 is 17.4 Å². The van der Waals surface area contributed by atoms with E-state index in [2.05, 4.69) is 15.2 Å². The summed E-state index contributed by atoms with van der Waals surface area (Å²) in [5, 5.41) is 18.3. The van der Waals surface area contributed by atoms with Crippen LogP contribution in [0.5, 0.6) is 0 Å². The largest absolute Gasteiger partial charge is 0.403 e. The Labute approximate surface area is 215 Å². The summed E-state index contributed by atoms with van der Waals surface area (Å²) in [4.78, 5) is 7.49. The van der Waals surface area contributed by atoms with Gasteiger partial charge in [0, 0.05) is 36.0 Å².